The Bertz CT molecular complexity index is 921. The van der Waals surface area contributed by atoms with Crippen molar-refractivity contribution in [3.8, 4) is 0 Å². The molecule has 0 spiro atoms. The molecule has 2 rings (SSSR count). The van der Waals surface area contributed by atoms with Crippen molar-refractivity contribution >= 4 is 27.4 Å². The standard InChI is InChI=1S/C19H24N2O4S/c1-5-13-11-12-17(26(24,25)21(3)4)14(6-2)18(13)20-16-10-8-7-9-15(16)19(22)23/h7-12,20H,5-6H2,1-4H3,(H,22,23). The van der Waals surface area contributed by atoms with Gasteiger partial charge in [0.25, 0.3) is 0 Å². The van der Waals surface area contributed by atoms with Crippen LogP contribution in [0.4, 0.5) is 11.4 Å². The Morgan fingerprint density at radius 3 is 2.27 bits per heavy atom. The third-order valence-electron chi connectivity index (χ3n) is 4.27. The van der Waals surface area contributed by atoms with E-state index in [9.17, 15) is 18.3 Å². The van der Waals surface area contributed by atoms with Crippen molar-refractivity contribution in [3.05, 3.63) is 53.1 Å². The summed E-state index contributed by atoms with van der Waals surface area (Å²) in [5, 5.41) is 12.6. The maximum Gasteiger partial charge on any atom is 0.337 e. The molecule has 2 aromatic carbocycles. The van der Waals surface area contributed by atoms with Crippen molar-refractivity contribution in [2.24, 2.45) is 0 Å². The third kappa shape index (κ3) is 3.73. The van der Waals surface area contributed by atoms with E-state index in [1.54, 1.807) is 30.3 Å². The quantitative estimate of drug-likeness (QED) is 0.772. The lowest BCUT2D eigenvalue weighted by Gasteiger charge is -2.21. The monoisotopic (exact) mass is 376 g/mol. The van der Waals surface area contributed by atoms with Crippen molar-refractivity contribution in [1.29, 1.82) is 0 Å². The van der Waals surface area contributed by atoms with Gasteiger partial charge in [0.15, 0.2) is 0 Å². The number of aryl methyl sites for hydroxylation is 1. The fourth-order valence-electron chi connectivity index (χ4n) is 2.83. The summed E-state index contributed by atoms with van der Waals surface area (Å²) in [5.41, 5.74) is 2.81. The van der Waals surface area contributed by atoms with Gasteiger partial charge in [-0.3, -0.25) is 0 Å². The topological polar surface area (TPSA) is 86.7 Å². The number of para-hydroxylation sites is 1. The molecule has 0 amide bonds. The molecule has 0 aromatic heterocycles. The summed E-state index contributed by atoms with van der Waals surface area (Å²) in [7, 11) is -0.618. The van der Waals surface area contributed by atoms with Crippen LogP contribution in [0.15, 0.2) is 41.3 Å². The molecule has 0 unspecified atom stereocenters. The number of anilines is 2. The molecular weight excluding hydrogens is 352 g/mol. The van der Waals surface area contributed by atoms with Crippen LogP contribution in [0, 0.1) is 0 Å². The van der Waals surface area contributed by atoms with Crippen molar-refractivity contribution in [3.63, 3.8) is 0 Å². The average Bonchev–Trinajstić information content (AvgIpc) is 2.61. The van der Waals surface area contributed by atoms with Gasteiger partial charge in [-0.15, -0.1) is 0 Å². The fraction of sp³-hybridized carbons (Fsp3) is 0.316. The van der Waals surface area contributed by atoms with Crippen LogP contribution in [0.25, 0.3) is 0 Å². The van der Waals surface area contributed by atoms with Crippen molar-refractivity contribution in [2.75, 3.05) is 19.4 Å². The van der Waals surface area contributed by atoms with Gasteiger partial charge >= 0.3 is 5.97 Å². The molecule has 0 saturated carbocycles. The molecule has 2 N–H and O–H groups in total. The van der Waals surface area contributed by atoms with Gasteiger partial charge < -0.3 is 10.4 Å². The molecule has 0 heterocycles. The highest BCUT2D eigenvalue weighted by molar-refractivity contribution is 7.89. The first-order chi connectivity index (χ1) is 12.2. The zero-order chi connectivity index (χ0) is 19.5. The van der Waals surface area contributed by atoms with Crippen LogP contribution in [0.3, 0.4) is 0 Å². The van der Waals surface area contributed by atoms with E-state index in [2.05, 4.69) is 5.32 Å². The number of carboxylic acids is 1. The van der Waals surface area contributed by atoms with E-state index < -0.39 is 16.0 Å². The van der Waals surface area contributed by atoms with Crippen LogP contribution < -0.4 is 5.32 Å². The van der Waals surface area contributed by atoms with Crippen LogP contribution in [0.2, 0.25) is 0 Å². The largest absolute Gasteiger partial charge is 0.478 e. The summed E-state index contributed by atoms with van der Waals surface area (Å²) < 4.78 is 26.6. The number of nitrogens with zero attached hydrogens (tertiary/aromatic N) is 1. The van der Waals surface area contributed by atoms with E-state index in [0.717, 1.165) is 5.56 Å². The second-order valence-corrected chi connectivity index (χ2v) is 8.17. The molecule has 2 aromatic rings. The normalized spacial score (nSPS) is 11.6. The average molecular weight is 376 g/mol. The van der Waals surface area contributed by atoms with Gasteiger partial charge in [0, 0.05) is 19.8 Å². The molecule has 0 aliphatic carbocycles. The van der Waals surface area contributed by atoms with Crippen LogP contribution >= 0.6 is 0 Å². The summed E-state index contributed by atoms with van der Waals surface area (Å²) in [4.78, 5) is 11.7. The third-order valence-corrected chi connectivity index (χ3v) is 6.17. The summed E-state index contributed by atoms with van der Waals surface area (Å²) in [5.74, 6) is -1.04. The molecule has 0 bridgehead atoms. The van der Waals surface area contributed by atoms with E-state index in [1.807, 2.05) is 13.8 Å². The molecule has 0 fully saturated rings. The Morgan fingerprint density at radius 1 is 1.08 bits per heavy atom. The van der Waals surface area contributed by atoms with Crippen LogP contribution in [0.1, 0.15) is 35.3 Å². The lowest BCUT2D eigenvalue weighted by atomic mass is 10.0. The lowest BCUT2D eigenvalue weighted by Crippen LogP contribution is -2.24. The number of carbonyl (C=O) groups is 1. The number of carboxylic acid groups (broad SMARTS) is 1. The number of sulfonamides is 1. The van der Waals surface area contributed by atoms with Crippen molar-refractivity contribution in [1.82, 2.24) is 4.31 Å². The number of benzene rings is 2. The summed E-state index contributed by atoms with van der Waals surface area (Å²) in [6.07, 6.45) is 1.18. The summed E-state index contributed by atoms with van der Waals surface area (Å²) >= 11 is 0. The summed E-state index contributed by atoms with van der Waals surface area (Å²) in [6.45, 7) is 3.86. The fourth-order valence-corrected chi connectivity index (χ4v) is 4.02. The number of aromatic carboxylic acids is 1. The molecule has 6 nitrogen and oxygen atoms in total. The highest BCUT2D eigenvalue weighted by Gasteiger charge is 2.24. The molecular formula is C19H24N2O4S. The first-order valence-corrected chi connectivity index (χ1v) is 9.84. The second-order valence-electron chi connectivity index (χ2n) is 6.05. The van der Waals surface area contributed by atoms with E-state index in [4.69, 9.17) is 0 Å². The van der Waals surface area contributed by atoms with Crippen LogP contribution in [-0.2, 0) is 22.9 Å². The number of hydrogen-bond donors (Lipinski definition) is 2. The zero-order valence-corrected chi connectivity index (χ0v) is 16.2. The lowest BCUT2D eigenvalue weighted by molar-refractivity contribution is 0.0698. The predicted molar refractivity (Wildman–Crippen MR) is 103 cm³/mol. The molecule has 7 heteroatoms. The van der Waals surface area contributed by atoms with Gasteiger partial charge in [-0.1, -0.05) is 32.0 Å². The van der Waals surface area contributed by atoms with E-state index in [0.29, 0.717) is 29.8 Å². The predicted octanol–water partition coefficient (Wildman–Crippen LogP) is 3.50. The van der Waals surface area contributed by atoms with Crippen molar-refractivity contribution in [2.45, 2.75) is 31.6 Å². The molecule has 0 aliphatic rings. The molecule has 0 radical (unpaired) electrons. The molecule has 26 heavy (non-hydrogen) atoms. The maximum absolute atomic E-state index is 12.7. The first-order valence-electron chi connectivity index (χ1n) is 8.40. The first kappa shape index (κ1) is 19.9. The SMILES string of the molecule is CCc1ccc(S(=O)(=O)N(C)C)c(CC)c1Nc1ccccc1C(=O)O. The Labute approximate surface area is 154 Å². The van der Waals surface area contributed by atoms with Crippen LogP contribution in [0.5, 0.6) is 0 Å². The van der Waals surface area contributed by atoms with E-state index in [-0.39, 0.29) is 10.5 Å². The minimum absolute atomic E-state index is 0.137. The van der Waals surface area contributed by atoms with Gasteiger partial charge in [0.05, 0.1) is 16.1 Å². The smallest absolute Gasteiger partial charge is 0.337 e. The highest BCUT2D eigenvalue weighted by Crippen LogP contribution is 2.33. The van der Waals surface area contributed by atoms with E-state index >= 15 is 0 Å². The minimum atomic E-state index is -3.61. The van der Waals surface area contributed by atoms with E-state index in [1.165, 1.54) is 24.5 Å². The zero-order valence-electron chi connectivity index (χ0n) is 15.4. The molecule has 0 saturated heterocycles. The Hall–Kier alpha value is -2.38. The summed E-state index contributed by atoms with van der Waals surface area (Å²) in [6, 6.07) is 10.00. The number of hydrogen-bond acceptors (Lipinski definition) is 4. The Morgan fingerprint density at radius 2 is 1.73 bits per heavy atom. The van der Waals surface area contributed by atoms with Gasteiger partial charge in [0.1, 0.15) is 0 Å². The molecule has 0 aliphatic heterocycles. The molecule has 0 atom stereocenters. The second kappa shape index (κ2) is 7.88. The molecule has 140 valence electrons. The van der Waals surface area contributed by atoms with Crippen molar-refractivity contribution < 1.29 is 18.3 Å². The van der Waals surface area contributed by atoms with Gasteiger partial charge in [-0.05, 0) is 42.2 Å². The van der Waals surface area contributed by atoms with Gasteiger partial charge in [-0.2, -0.15) is 0 Å². The Kier molecular flexibility index (Phi) is 6.05. The maximum atomic E-state index is 12.7. The number of nitrogens with one attached hydrogen (secondary N) is 1. The van der Waals surface area contributed by atoms with Gasteiger partial charge in [0.2, 0.25) is 10.0 Å². The Balaban J connectivity index is 2.70. The highest BCUT2D eigenvalue weighted by atomic mass is 32.2. The van der Waals surface area contributed by atoms with Crippen LogP contribution in [-0.4, -0.2) is 37.9 Å². The minimum Gasteiger partial charge on any atom is -0.478 e. The van der Waals surface area contributed by atoms with Gasteiger partial charge in [-0.25, -0.2) is 17.5 Å². The number of rotatable bonds is 7.